The maximum atomic E-state index is 12.3. The standard InChI is InChI=1S/C12H19F3N4/c1-9(2)19(3)8-4-7-16-11-6-5-10(17-18-11)12(13,14)15/h5-6,9H,4,7-8H2,1-3H3,(H,16,18). The highest BCUT2D eigenvalue weighted by Gasteiger charge is 2.32. The van der Waals surface area contributed by atoms with Crippen LogP contribution in [0.25, 0.3) is 0 Å². The van der Waals surface area contributed by atoms with Gasteiger partial charge in [0.05, 0.1) is 0 Å². The van der Waals surface area contributed by atoms with E-state index in [4.69, 9.17) is 0 Å². The topological polar surface area (TPSA) is 41.0 Å². The number of anilines is 1. The van der Waals surface area contributed by atoms with Crippen molar-refractivity contribution >= 4 is 5.82 Å². The third kappa shape index (κ3) is 5.42. The smallest absolute Gasteiger partial charge is 0.369 e. The van der Waals surface area contributed by atoms with Gasteiger partial charge in [0.1, 0.15) is 5.82 Å². The number of rotatable bonds is 6. The molecule has 1 rings (SSSR count). The van der Waals surface area contributed by atoms with Gasteiger partial charge in [0, 0.05) is 12.6 Å². The second-order valence-electron chi connectivity index (χ2n) is 4.66. The Labute approximate surface area is 111 Å². The molecule has 1 heterocycles. The zero-order valence-electron chi connectivity index (χ0n) is 11.3. The lowest BCUT2D eigenvalue weighted by molar-refractivity contribution is -0.141. The largest absolute Gasteiger partial charge is 0.435 e. The first-order valence-corrected chi connectivity index (χ1v) is 6.15. The second-order valence-corrected chi connectivity index (χ2v) is 4.66. The summed E-state index contributed by atoms with van der Waals surface area (Å²) in [5, 5.41) is 9.60. The van der Waals surface area contributed by atoms with Crippen molar-refractivity contribution in [2.75, 3.05) is 25.5 Å². The lowest BCUT2D eigenvalue weighted by atomic mass is 10.3. The molecule has 0 aliphatic heterocycles. The Hall–Kier alpha value is -1.37. The van der Waals surface area contributed by atoms with E-state index in [0.717, 1.165) is 19.0 Å². The van der Waals surface area contributed by atoms with E-state index in [-0.39, 0.29) is 0 Å². The van der Waals surface area contributed by atoms with E-state index in [2.05, 4.69) is 34.3 Å². The summed E-state index contributed by atoms with van der Waals surface area (Å²) in [6, 6.07) is 2.70. The third-order valence-electron chi connectivity index (χ3n) is 2.83. The monoisotopic (exact) mass is 276 g/mol. The lowest BCUT2D eigenvalue weighted by Gasteiger charge is -2.20. The van der Waals surface area contributed by atoms with Crippen molar-refractivity contribution in [3.8, 4) is 0 Å². The maximum Gasteiger partial charge on any atom is 0.435 e. The summed E-state index contributed by atoms with van der Waals surface area (Å²) in [7, 11) is 2.03. The van der Waals surface area contributed by atoms with Gasteiger partial charge < -0.3 is 10.2 Å². The maximum absolute atomic E-state index is 12.3. The highest BCUT2D eigenvalue weighted by Crippen LogP contribution is 2.26. The molecule has 1 N–H and O–H groups in total. The predicted octanol–water partition coefficient (Wildman–Crippen LogP) is 2.64. The summed E-state index contributed by atoms with van der Waals surface area (Å²) in [5.74, 6) is 0.361. The zero-order valence-corrected chi connectivity index (χ0v) is 11.3. The third-order valence-corrected chi connectivity index (χ3v) is 2.83. The molecule has 0 aromatic carbocycles. The summed E-state index contributed by atoms with van der Waals surface area (Å²) >= 11 is 0. The molecular formula is C12H19F3N4. The molecule has 0 saturated carbocycles. The summed E-state index contributed by atoms with van der Waals surface area (Å²) in [6.07, 6.45) is -3.55. The minimum absolute atomic E-state index is 0.361. The van der Waals surface area contributed by atoms with Crippen LogP contribution in [0.5, 0.6) is 0 Å². The molecule has 1 aromatic rings. The molecule has 7 heteroatoms. The average Bonchev–Trinajstić information content (AvgIpc) is 2.33. The summed E-state index contributed by atoms with van der Waals surface area (Å²) in [4.78, 5) is 2.19. The lowest BCUT2D eigenvalue weighted by Crippen LogP contribution is -2.28. The van der Waals surface area contributed by atoms with Gasteiger partial charge in [0.15, 0.2) is 5.69 Å². The van der Waals surface area contributed by atoms with Crippen LogP contribution in [0.15, 0.2) is 12.1 Å². The van der Waals surface area contributed by atoms with E-state index in [1.807, 2.05) is 7.05 Å². The van der Waals surface area contributed by atoms with Crippen LogP contribution < -0.4 is 5.32 Å². The van der Waals surface area contributed by atoms with Crippen molar-refractivity contribution in [2.45, 2.75) is 32.5 Å². The van der Waals surface area contributed by atoms with E-state index >= 15 is 0 Å². The van der Waals surface area contributed by atoms with Gasteiger partial charge in [0.25, 0.3) is 0 Å². The fraction of sp³-hybridized carbons (Fsp3) is 0.667. The molecular weight excluding hydrogens is 257 g/mol. The molecule has 0 spiro atoms. The fourth-order valence-corrected chi connectivity index (χ4v) is 1.38. The molecule has 0 amide bonds. The number of aromatic nitrogens is 2. The number of halogens is 3. The van der Waals surface area contributed by atoms with Crippen LogP contribution >= 0.6 is 0 Å². The Bertz CT molecular complexity index is 376. The van der Waals surface area contributed by atoms with Gasteiger partial charge >= 0.3 is 6.18 Å². The van der Waals surface area contributed by atoms with Gasteiger partial charge in [-0.1, -0.05) is 0 Å². The number of hydrogen-bond acceptors (Lipinski definition) is 4. The van der Waals surface area contributed by atoms with Crippen molar-refractivity contribution in [3.63, 3.8) is 0 Å². The molecule has 0 fully saturated rings. The molecule has 19 heavy (non-hydrogen) atoms. The zero-order chi connectivity index (χ0) is 14.5. The SMILES string of the molecule is CC(C)N(C)CCCNc1ccc(C(F)(F)F)nn1. The number of nitrogens with one attached hydrogen (secondary N) is 1. The van der Waals surface area contributed by atoms with Gasteiger partial charge in [0.2, 0.25) is 0 Å². The quantitative estimate of drug-likeness (QED) is 0.811. The fourth-order valence-electron chi connectivity index (χ4n) is 1.38. The summed E-state index contributed by atoms with van der Waals surface area (Å²) in [6.45, 7) is 5.78. The van der Waals surface area contributed by atoms with Crippen LogP contribution in [0.4, 0.5) is 19.0 Å². The highest BCUT2D eigenvalue weighted by molar-refractivity contribution is 5.33. The summed E-state index contributed by atoms with van der Waals surface area (Å²) < 4.78 is 36.8. The van der Waals surface area contributed by atoms with Gasteiger partial charge in [-0.05, 0) is 46.0 Å². The van der Waals surface area contributed by atoms with Crippen LogP contribution in [0.3, 0.4) is 0 Å². The molecule has 4 nitrogen and oxygen atoms in total. The van der Waals surface area contributed by atoms with E-state index in [1.165, 1.54) is 6.07 Å². The number of alkyl halides is 3. The molecule has 0 radical (unpaired) electrons. The summed E-state index contributed by atoms with van der Waals surface area (Å²) in [5.41, 5.74) is -0.974. The van der Waals surface area contributed by atoms with Crippen LogP contribution in [-0.2, 0) is 6.18 Å². The number of nitrogens with zero attached hydrogens (tertiary/aromatic N) is 3. The average molecular weight is 276 g/mol. The molecule has 0 unspecified atom stereocenters. The van der Waals surface area contributed by atoms with E-state index in [1.54, 1.807) is 0 Å². The minimum atomic E-state index is -4.44. The Kier molecular flexibility index (Phi) is 5.53. The van der Waals surface area contributed by atoms with Crippen molar-refractivity contribution in [1.29, 1.82) is 0 Å². The molecule has 0 saturated heterocycles. The molecule has 0 bridgehead atoms. The van der Waals surface area contributed by atoms with Gasteiger partial charge in [-0.25, -0.2) is 0 Å². The first-order chi connectivity index (χ1) is 8.80. The van der Waals surface area contributed by atoms with Crippen LogP contribution in [0.2, 0.25) is 0 Å². The van der Waals surface area contributed by atoms with Gasteiger partial charge in [-0.15, -0.1) is 10.2 Å². The molecule has 108 valence electrons. The second kappa shape index (κ2) is 6.70. The first-order valence-electron chi connectivity index (χ1n) is 6.15. The van der Waals surface area contributed by atoms with E-state index in [0.29, 0.717) is 18.4 Å². The molecule has 0 aliphatic rings. The van der Waals surface area contributed by atoms with Crippen LogP contribution in [0.1, 0.15) is 26.0 Å². The van der Waals surface area contributed by atoms with Crippen LogP contribution in [0, 0.1) is 0 Å². The molecule has 0 aliphatic carbocycles. The van der Waals surface area contributed by atoms with E-state index in [9.17, 15) is 13.2 Å². The van der Waals surface area contributed by atoms with Gasteiger partial charge in [-0.2, -0.15) is 13.2 Å². The van der Waals surface area contributed by atoms with Gasteiger partial charge in [-0.3, -0.25) is 0 Å². The highest BCUT2D eigenvalue weighted by atomic mass is 19.4. The Morgan fingerprint density at radius 1 is 1.26 bits per heavy atom. The Balaban J connectivity index is 2.35. The van der Waals surface area contributed by atoms with Crippen molar-refractivity contribution in [2.24, 2.45) is 0 Å². The van der Waals surface area contributed by atoms with Crippen molar-refractivity contribution in [3.05, 3.63) is 17.8 Å². The molecule has 0 atom stereocenters. The molecule has 1 aromatic heterocycles. The number of hydrogen-bond donors (Lipinski definition) is 1. The van der Waals surface area contributed by atoms with Crippen molar-refractivity contribution in [1.82, 2.24) is 15.1 Å². The Morgan fingerprint density at radius 3 is 2.42 bits per heavy atom. The van der Waals surface area contributed by atoms with Crippen molar-refractivity contribution < 1.29 is 13.2 Å². The van der Waals surface area contributed by atoms with Crippen LogP contribution in [-0.4, -0.2) is 41.3 Å². The first kappa shape index (κ1) is 15.7. The van der Waals surface area contributed by atoms with E-state index < -0.39 is 11.9 Å². The predicted molar refractivity (Wildman–Crippen MR) is 67.9 cm³/mol. The minimum Gasteiger partial charge on any atom is -0.369 e. The Morgan fingerprint density at radius 2 is 1.95 bits per heavy atom. The normalized spacial score (nSPS) is 12.2.